The van der Waals surface area contributed by atoms with Gasteiger partial charge in [-0.2, -0.15) is 0 Å². The molecule has 2 aromatic carbocycles. The molecule has 1 aliphatic heterocycles. The molecule has 188 valence electrons. The van der Waals surface area contributed by atoms with Crippen molar-refractivity contribution in [1.29, 1.82) is 0 Å². The van der Waals surface area contributed by atoms with Crippen LogP contribution >= 0.6 is 0 Å². The molecule has 2 N–H and O–H groups in total. The smallest absolute Gasteiger partial charge is 0.245 e. The zero-order chi connectivity index (χ0) is 25.5. The molecule has 0 saturated carbocycles. The molecule has 0 fully saturated rings. The molecular formula is C24H26N6O4S2. The minimum absolute atomic E-state index is 0.158. The highest BCUT2D eigenvalue weighted by Gasteiger charge is 2.24. The van der Waals surface area contributed by atoms with Crippen LogP contribution in [0.3, 0.4) is 0 Å². The van der Waals surface area contributed by atoms with Crippen LogP contribution in [-0.4, -0.2) is 51.3 Å². The van der Waals surface area contributed by atoms with Crippen molar-refractivity contribution in [1.82, 2.24) is 19.3 Å². The molecule has 36 heavy (non-hydrogen) atoms. The van der Waals surface area contributed by atoms with E-state index in [1.807, 2.05) is 36.4 Å². The predicted molar refractivity (Wildman–Crippen MR) is 140 cm³/mol. The summed E-state index contributed by atoms with van der Waals surface area (Å²) in [7, 11) is -5.45. The molecule has 0 amide bonds. The summed E-state index contributed by atoms with van der Waals surface area (Å²) >= 11 is 0. The maximum absolute atomic E-state index is 12.3. The quantitative estimate of drug-likeness (QED) is 0.379. The Morgan fingerprint density at radius 2 is 1.83 bits per heavy atom. The fourth-order valence-electron chi connectivity index (χ4n) is 4.43. The largest absolute Gasteiger partial charge is 0.323 e. The summed E-state index contributed by atoms with van der Waals surface area (Å²) in [5, 5.41) is 7.82. The summed E-state index contributed by atoms with van der Waals surface area (Å²) < 4.78 is 54.5. The molecule has 0 atom stereocenters. The number of aryl methyl sites for hydroxylation is 1. The van der Waals surface area contributed by atoms with Crippen molar-refractivity contribution >= 4 is 42.9 Å². The lowest BCUT2D eigenvalue weighted by molar-refractivity contribution is 0.587. The van der Waals surface area contributed by atoms with Crippen molar-refractivity contribution in [3.8, 4) is 11.3 Å². The molecule has 0 radical (unpaired) electrons. The summed E-state index contributed by atoms with van der Waals surface area (Å²) in [5.41, 5.74) is 5.18. The summed E-state index contributed by atoms with van der Waals surface area (Å²) in [6.45, 7) is 0.452. The van der Waals surface area contributed by atoms with E-state index in [-0.39, 0.29) is 5.75 Å². The van der Waals surface area contributed by atoms with Gasteiger partial charge in [-0.15, -0.1) is 5.10 Å². The van der Waals surface area contributed by atoms with E-state index >= 15 is 0 Å². The molecular weight excluding hydrogens is 500 g/mol. The zero-order valence-corrected chi connectivity index (χ0v) is 21.5. The van der Waals surface area contributed by atoms with Crippen LogP contribution in [0.25, 0.3) is 16.8 Å². The van der Waals surface area contributed by atoms with Crippen LogP contribution in [0.1, 0.15) is 17.5 Å². The highest BCUT2D eigenvalue weighted by molar-refractivity contribution is 7.92. The molecule has 5 rings (SSSR count). The van der Waals surface area contributed by atoms with Gasteiger partial charge in [-0.3, -0.25) is 4.31 Å². The monoisotopic (exact) mass is 526 g/mol. The fourth-order valence-corrected chi connectivity index (χ4v) is 6.22. The Kier molecular flexibility index (Phi) is 6.18. The van der Waals surface area contributed by atoms with Crippen molar-refractivity contribution in [2.75, 3.05) is 29.5 Å². The van der Waals surface area contributed by atoms with E-state index in [0.717, 1.165) is 35.2 Å². The second kappa shape index (κ2) is 9.19. The Morgan fingerprint density at radius 3 is 2.61 bits per heavy atom. The van der Waals surface area contributed by atoms with Crippen molar-refractivity contribution in [3.05, 3.63) is 71.9 Å². The number of anilines is 3. The van der Waals surface area contributed by atoms with Crippen molar-refractivity contribution in [2.45, 2.75) is 18.6 Å². The second-order valence-electron chi connectivity index (χ2n) is 8.66. The molecule has 10 nitrogen and oxygen atoms in total. The van der Waals surface area contributed by atoms with Crippen LogP contribution in [0.15, 0.2) is 60.8 Å². The third-order valence-corrected chi connectivity index (χ3v) is 8.66. The van der Waals surface area contributed by atoms with Gasteiger partial charge in [0, 0.05) is 17.8 Å². The van der Waals surface area contributed by atoms with Gasteiger partial charge in [0.25, 0.3) is 0 Å². The summed E-state index contributed by atoms with van der Waals surface area (Å²) in [6.07, 6.45) is 4.49. The first kappa shape index (κ1) is 24.2. The van der Waals surface area contributed by atoms with Crippen molar-refractivity contribution in [3.63, 3.8) is 0 Å². The van der Waals surface area contributed by atoms with Gasteiger partial charge in [0.15, 0.2) is 0 Å². The third-order valence-electron chi connectivity index (χ3n) is 6.17. The molecule has 0 bridgehead atoms. The van der Waals surface area contributed by atoms with E-state index in [2.05, 4.69) is 20.1 Å². The van der Waals surface area contributed by atoms with Gasteiger partial charge in [0.05, 0.1) is 35.1 Å². The first-order chi connectivity index (χ1) is 17.1. The van der Waals surface area contributed by atoms with Crippen LogP contribution in [0.2, 0.25) is 0 Å². The van der Waals surface area contributed by atoms with Crippen molar-refractivity contribution in [2.24, 2.45) is 0 Å². The second-order valence-corrected chi connectivity index (χ2v) is 12.5. The number of benzene rings is 2. The normalized spacial score (nSPS) is 14.1. The first-order valence-electron chi connectivity index (χ1n) is 11.4. The third kappa shape index (κ3) is 4.79. The number of sulfonamides is 2. The van der Waals surface area contributed by atoms with Gasteiger partial charge in [-0.05, 0) is 55.3 Å². The van der Waals surface area contributed by atoms with E-state index in [4.69, 9.17) is 0 Å². The highest BCUT2D eigenvalue weighted by Crippen LogP contribution is 2.33. The van der Waals surface area contributed by atoms with Gasteiger partial charge in [-0.25, -0.2) is 31.1 Å². The SMILES string of the molecule is CNS(=O)(=O)Cc1ccccc1-c1ccc2cnc(Nc3ccc4c(c3)N(S(C)(=O)=O)CCC4)nn12. The number of hydrogen-bond acceptors (Lipinski definition) is 7. The van der Waals surface area contributed by atoms with E-state index in [1.165, 1.54) is 17.6 Å². The molecule has 0 aliphatic carbocycles. The number of nitrogens with one attached hydrogen (secondary N) is 2. The molecule has 2 aromatic heterocycles. The summed E-state index contributed by atoms with van der Waals surface area (Å²) in [6, 6.07) is 16.7. The lowest BCUT2D eigenvalue weighted by atomic mass is 10.0. The van der Waals surface area contributed by atoms with Crippen LogP contribution in [0.4, 0.5) is 17.3 Å². The van der Waals surface area contributed by atoms with Gasteiger partial charge in [0.2, 0.25) is 26.0 Å². The van der Waals surface area contributed by atoms with Gasteiger partial charge >= 0.3 is 0 Å². The molecule has 12 heteroatoms. The number of hydrogen-bond donors (Lipinski definition) is 2. The standard InChI is InChI=1S/C24H26N6O4S2/c1-25-36(33,34)16-18-6-3-4-8-21(18)22-12-11-20-15-26-24(28-30(20)22)27-19-10-9-17-7-5-13-29(23(17)14-19)35(2,31)32/h3-4,6,8-12,14-15,25H,5,7,13,16H2,1-2H3,(H,27,28). The average Bonchev–Trinajstić information content (AvgIpc) is 3.26. The van der Waals surface area contributed by atoms with E-state index in [1.54, 1.807) is 28.9 Å². The maximum Gasteiger partial charge on any atom is 0.245 e. The van der Waals surface area contributed by atoms with Crippen LogP contribution < -0.4 is 14.3 Å². The topological polar surface area (TPSA) is 126 Å². The first-order valence-corrected chi connectivity index (χ1v) is 14.9. The van der Waals surface area contributed by atoms with E-state index < -0.39 is 20.0 Å². The Balaban J connectivity index is 1.51. The van der Waals surface area contributed by atoms with Gasteiger partial charge in [-0.1, -0.05) is 30.3 Å². The molecule has 0 unspecified atom stereocenters. The van der Waals surface area contributed by atoms with Crippen LogP contribution in [0, 0.1) is 0 Å². The van der Waals surface area contributed by atoms with E-state index in [0.29, 0.717) is 29.4 Å². The zero-order valence-electron chi connectivity index (χ0n) is 19.8. The Labute approximate surface area is 210 Å². The highest BCUT2D eigenvalue weighted by atomic mass is 32.2. The number of fused-ring (bicyclic) bond motifs is 2. The summed E-state index contributed by atoms with van der Waals surface area (Å²) in [4.78, 5) is 4.40. The molecule has 4 aromatic rings. The van der Waals surface area contributed by atoms with Gasteiger partial charge in [0.1, 0.15) is 0 Å². The average molecular weight is 527 g/mol. The Hall–Kier alpha value is -3.48. The Bertz CT molecular complexity index is 1670. The van der Waals surface area contributed by atoms with E-state index in [9.17, 15) is 16.8 Å². The van der Waals surface area contributed by atoms with Gasteiger partial charge < -0.3 is 5.32 Å². The number of aromatic nitrogens is 3. The Morgan fingerprint density at radius 1 is 1.03 bits per heavy atom. The maximum atomic E-state index is 12.3. The lowest BCUT2D eigenvalue weighted by Crippen LogP contribution is -2.34. The minimum atomic E-state index is -3.46. The van der Waals surface area contributed by atoms with Crippen molar-refractivity contribution < 1.29 is 16.8 Å². The number of nitrogens with zero attached hydrogens (tertiary/aromatic N) is 4. The molecule has 1 aliphatic rings. The number of rotatable bonds is 7. The van der Waals surface area contributed by atoms with Crippen LogP contribution in [-0.2, 0) is 32.2 Å². The van der Waals surface area contributed by atoms with Crippen LogP contribution in [0.5, 0.6) is 0 Å². The lowest BCUT2D eigenvalue weighted by Gasteiger charge is -2.29. The predicted octanol–water partition coefficient (Wildman–Crippen LogP) is 2.90. The fraction of sp³-hybridized carbons (Fsp3) is 0.250. The molecule has 0 spiro atoms. The summed E-state index contributed by atoms with van der Waals surface area (Å²) in [5.74, 6) is 0.164. The minimum Gasteiger partial charge on any atom is -0.323 e. The molecule has 3 heterocycles. The molecule has 0 saturated heterocycles.